The topological polar surface area (TPSA) is 79.7 Å². The summed E-state index contributed by atoms with van der Waals surface area (Å²) in [5, 5.41) is 8.86. The van der Waals surface area contributed by atoms with Gasteiger partial charge in [0.25, 0.3) is 0 Å². The second-order valence-electron chi connectivity index (χ2n) is 4.24. The number of carboxylic acids is 1. The molecule has 1 N–H and O–H groups in total. The molecule has 0 aliphatic carbocycles. The van der Waals surface area contributed by atoms with Crippen LogP contribution in [0.15, 0.2) is 18.3 Å². The van der Waals surface area contributed by atoms with Crippen molar-refractivity contribution < 1.29 is 19.4 Å². The molecule has 0 radical (unpaired) electrons. The molecule has 1 heterocycles. The lowest BCUT2D eigenvalue weighted by molar-refractivity contribution is -0.135. The van der Waals surface area contributed by atoms with Gasteiger partial charge >= 0.3 is 11.9 Å². The van der Waals surface area contributed by atoms with E-state index >= 15 is 0 Å². The van der Waals surface area contributed by atoms with Gasteiger partial charge in [0.2, 0.25) is 0 Å². The molecular weight excluding hydrogens is 248 g/mol. The van der Waals surface area contributed by atoms with E-state index in [-0.39, 0.29) is 12.6 Å². The van der Waals surface area contributed by atoms with E-state index in [1.807, 2.05) is 13.8 Å². The van der Waals surface area contributed by atoms with Gasteiger partial charge in [-0.05, 0) is 32.9 Å². The van der Waals surface area contributed by atoms with Gasteiger partial charge in [-0.25, -0.2) is 9.78 Å². The second kappa shape index (κ2) is 6.72. The summed E-state index contributed by atoms with van der Waals surface area (Å²) in [6.07, 6.45) is 1.39. The lowest BCUT2D eigenvalue weighted by atomic mass is 10.2. The molecule has 0 aliphatic heterocycles. The molecule has 6 heteroatoms. The summed E-state index contributed by atoms with van der Waals surface area (Å²) in [4.78, 5) is 28.0. The van der Waals surface area contributed by atoms with Crippen molar-refractivity contribution in [3.63, 3.8) is 0 Å². The Kier molecular flexibility index (Phi) is 5.29. The molecule has 0 spiro atoms. The number of hydrogen-bond donors (Lipinski definition) is 1. The fourth-order valence-corrected chi connectivity index (χ4v) is 1.56. The zero-order chi connectivity index (χ0) is 14.4. The Morgan fingerprint density at radius 2 is 2.11 bits per heavy atom. The van der Waals surface area contributed by atoms with Gasteiger partial charge in [0.15, 0.2) is 0 Å². The Labute approximate surface area is 112 Å². The molecule has 0 saturated heterocycles. The standard InChI is InChI=1S/C13H18N2O4/c1-4-19-13(18)10-5-6-11(14-7-10)15(9(2)3)8-12(16)17/h5-7,9H,4,8H2,1-3H3,(H,16,17). The van der Waals surface area contributed by atoms with Gasteiger partial charge in [-0.2, -0.15) is 0 Å². The molecule has 1 aromatic heterocycles. The van der Waals surface area contributed by atoms with Crippen molar-refractivity contribution in [2.45, 2.75) is 26.8 Å². The average Bonchev–Trinajstić information content (AvgIpc) is 2.36. The third-order valence-electron chi connectivity index (χ3n) is 2.48. The molecule has 0 unspecified atom stereocenters. The van der Waals surface area contributed by atoms with Crippen molar-refractivity contribution >= 4 is 17.8 Å². The van der Waals surface area contributed by atoms with Crippen molar-refractivity contribution in [1.82, 2.24) is 4.98 Å². The van der Waals surface area contributed by atoms with Gasteiger partial charge < -0.3 is 14.7 Å². The van der Waals surface area contributed by atoms with Crippen molar-refractivity contribution in [2.24, 2.45) is 0 Å². The molecule has 0 aromatic carbocycles. The summed E-state index contributed by atoms with van der Waals surface area (Å²) in [6.45, 7) is 5.65. The van der Waals surface area contributed by atoms with E-state index in [2.05, 4.69) is 4.98 Å². The molecule has 0 aliphatic rings. The van der Waals surface area contributed by atoms with Gasteiger partial charge in [0.05, 0.1) is 12.2 Å². The van der Waals surface area contributed by atoms with Crippen molar-refractivity contribution in [3.05, 3.63) is 23.9 Å². The van der Waals surface area contributed by atoms with Crippen LogP contribution in [0.2, 0.25) is 0 Å². The van der Waals surface area contributed by atoms with Gasteiger partial charge in [0.1, 0.15) is 12.4 Å². The first-order valence-electron chi connectivity index (χ1n) is 6.07. The summed E-state index contributed by atoms with van der Waals surface area (Å²) in [5.41, 5.74) is 0.352. The zero-order valence-corrected chi connectivity index (χ0v) is 11.3. The van der Waals surface area contributed by atoms with Crippen LogP contribution in [-0.2, 0) is 9.53 Å². The maximum Gasteiger partial charge on any atom is 0.339 e. The first-order chi connectivity index (χ1) is 8.95. The number of ether oxygens (including phenoxy) is 1. The summed E-state index contributed by atoms with van der Waals surface area (Å²) in [6, 6.07) is 3.20. The fraction of sp³-hybridized carbons (Fsp3) is 0.462. The fourth-order valence-electron chi connectivity index (χ4n) is 1.56. The van der Waals surface area contributed by atoms with E-state index in [0.717, 1.165) is 0 Å². The summed E-state index contributed by atoms with van der Waals surface area (Å²) < 4.78 is 4.85. The number of esters is 1. The lowest BCUT2D eigenvalue weighted by Gasteiger charge is -2.25. The Morgan fingerprint density at radius 1 is 1.42 bits per heavy atom. The van der Waals surface area contributed by atoms with E-state index in [9.17, 15) is 9.59 Å². The Hall–Kier alpha value is -2.11. The van der Waals surface area contributed by atoms with E-state index in [0.29, 0.717) is 18.0 Å². The second-order valence-corrected chi connectivity index (χ2v) is 4.24. The molecule has 0 saturated carbocycles. The van der Waals surface area contributed by atoms with E-state index in [1.54, 1.807) is 24.0 Å². The molecule has 0 atom stereocenters. The molecule has 0 bridgehead atoms. The van der Waals surface area contributed by atoms with E-state index in [1.165, 1.54) is 6.20 Å². The number of carbonyl (C=O) groups is 2. The van der Waals surface area contributed by atoms with Gasteiger partial charge in [-0.15, -0.1) is 0 Å². The van der Waals surface area contributed by atoms with Crippen molar-refractivity contribution in [3.8, 4) is 0 Å². The third-order valence-corrected chi connectivity index (χ3v) is 2.48. The number of rotatable bonds is 6. The number of carbonyl (C=O) groups excluding carboxylic acids is 1. The van der Waals surface area contributed by atoms with Gasteiger partial charge in [0, 0.05) is 12.2 Å². The zero-order valence-electron chi connectivity index (χ0n) is 11.3. The number of anilines is 1. The predicted octanol–water partition coefficient (Wildman–Crippen LogP) is 1.56. The monoisotopic (exact) mass is 266 g/mol. The molecule has 104 valence electrons. The number of hydrogen-bond acceptors (Lipinski definition) is 5. The van der Waals surface area contributed by atoms with E-state index in [4.69, 9.17) is 9.84 Å². The van der Waals surface area contributed by atoms with Crippen molar-refractivity contribution in [1.29, 1.82) is 0 Å². The number of aromatic nitrogens is 1. The quantitative estimate of drug-likeness (QED) is 0.787. The van der Waals surface area contributed by atoms with Crippen LogP contribution in [0.4, 0.5) is 5.82 Å². The summed E-state index contributed by atoms with van der Waals surface area (Å²) in [7, 11) is 0. The van der Waals surface area contributed by atoms with Gasteiger partial charge in [-0.1, -0.05) is 0 Å². The Bertz CT molecular complexity index is 442. The highest BCUT2D eigenvalue weighted by Gasteiger charge is 2.16. The molecule has 1 aromatic rings. The number of nitrogens with zero attached hydrogens (tertiary/aromatic N) is 2. The van der Waals surface area contributed by atoms with Crippen LogP contribution < -0.4 is 4.90 Å². The highest BCUT2D eigenvalue weighted by molar-refractivity contribution is 5.89. The summed E-state index contributed by atoms with van der Waals surface area (Å²) in [5.74, 6) is -0.841. The Balaban J connectivity index is 2.89. The molecule has 1 rings (SSSR count). The number of pyridine rings is 1. The maximum atomic E-state index is 11.5. The van der Waals surface area contributed by atoms with Crippen LogP contribution in [0.25, 0.3) is 0 Å². The SMILES string of the molecule is CCOC(=O)c1ccc(N(CC(=O)O)C(C)C)nc1. The number of carboxylic acid groups (broad SMARTS) is 1. The van der Waals surface area contributed by atoms with Crippen molar-refractivity contribution in [2.75, 3.05) is 18.1 Å². The van der Waals surface area contributed by atoms with Crippen LogP contribution in [0.3, 0.4) is 0 Å². The van der Waals surface area contributed by atoms with E-state index < -0.39 is 11.9 Å². The molecule has 6 nitrogen and oxygen atoms in total. The molecule has 0 amide bonds. The van der Waals surface area contributed by atoms with Crippen LogP contribution in [0.5, 0.6) is 0 Å². The normalized spacial score (nSPS) is 10.3. The first-order valence-corrected chi connectivity index (χ1v) is 6.07. The van der Waals surface area contributed by atoms with Gasteiger partial charge in [-0.3, -0.25) is 4.79 Å². The van der Waals surface area contributed by atoms with Crippen LogP contribution >= 0.6 is 0 Å². The van der Waals surface area contributed by atoms with Crippen LogP contribution in [-0.4, -0.2) is 41.2 Å². The minimum Gasteiger partial charge on any atom is -0.480 e. The lowest BCUT2D eigenvalue weighted by Crippen LogP contribution is -2.36. The smallest absolute Gasteiger partial charge is 0.339 e. The number of aliphatic carboxylic acids is 1. The first kappa shape index (κ1) is 14.9. The van der Waals surface area contributed by atoms with Crippen LogP contribution in [0, 0.1) is 0 Å². The molecule has 0 fully saturated rings. The minimum atomic E-state index is -0.926. The van der Waals surface area contributed by atoms with Crippen LogP contribution in [0.1, 0.15) is 31.1 Å². The predicted molar refractivity (Wildman–Crippen MR) is 70.3 cm³/mol. The summed E-state index contributed by atoms with van der Waals surface area (Å²) >= 11 is 0. The Morgan fingerprint density at radius 3 is 2.53 bits per heavy atom. The molecular formula is C13H18N2O4. The third kappa shape index (κ3) is 4.24. The highest BCUT2D eigenvalue weighted by Crippen LogP contribution is 2.14. The average molecular weight is 266 g/mol. The largest absolute Gasteiger partial charge is 0.480 e. The highest BCUT2D eigenvalue weighted by atomic mass is 16.5. The minimum absolute atomic E-state index is 0.00274. The maximum absolute atomic E-state index is 11.5. The molecule has 19 heavy (non-hydrogen) atoms.